The van der Waals surface area contributed by atoms with Crippen LogP contribution in [0.1, 0.15) is 12.8 Å². The smallest absolute Gasteiger partial charge is 0.321 e. The number of nitrogens with zero attached hydrogens (tertiary/aromatic N) is 2. The van der Waals surface area contributed by atoms with Gasteiger partial charge in [-0.15, -0.1) is 0 Å². The van der Waals surface area contributed by atoms with Crippen molar-refractivity contribution in [2.45, 2.75) is 12.8 Å². The van der Waals surface area contributed by atoms with E-state index in [1.165, 1.54) is 0 Å². The zero-order valence-electron chi connectivity index (χ0n) is 10.4. The van der Waals surface area contributed by atoms with Crippen LogP contribution in [-0.4, -0.2) is 38.1 Å². The van der Waals surface area contributed by atoms with Crippen molar-refractivity contribution < 1.29 is 4.79 Å². The average Bonchev–Trinajstić information content (AvgIpc) is 2.83. The van der Waals surface area contributed by atoms with E-state index < -0.39 is 0 Å². The predicted octanol–water partition coefficient (Wildman–Crippen LogP) is 2.38. The van der Waals surface area contributed by atoms with Gasteiger partial charge in [-0.2, -0.15) is 0 Å². The summed E-state index contributed by atoms with van der Waals surface area (Å²) in [7, 11) is 3.95. The number of hydrogen-bond donors (Lipinski definition) is 1. The van der Waals surface area contributed by atoms with Crippen LogP contribution in [0.25, 0.3) is 0 Å². The minimum atomic E-state index is 0.0109. The second-order valence-electron chi connectivity index (χ2n) is 4.54. The summed E-state index contributed by atoms with van der Waals surface area (Å²) in [5.41, 5.74) is 1.90. The van der Waals surface area contributed by atoms with E-state index in [0.29, 0.717) is 0 Å². The molecule has 1 aliphatic rings. The molecule has 0 saturated carbocycles. The monoisotopic (exact) mass is 233 g/mol. The number of rotatable bonds is 2. The van der Waals surface area contributed by atoms with Gasteiger partial charge in [-0.25, -0.2) is 4.79 Å². The van der Waals surface area contributed by atoms with Crippen molar-refractivity contribution in [1.29, 1.82) is 0 Å². The number of para-hydroxylation sites is 2. The molecule has 4 heteroatoms. The van der Waals surface area contributed by atoms with Gasteiger partial charge >= 0.3 is 6.03 Å². The van der Waals surface area contributed by atoms with E-state index in [-0.39, 0.29) is 6.03 Å². The van der Waals surface area contributed by atoms with E-state index in [4.69, 9.17) is 0 Å². The van der Waals surface area contributed by atoms with Crippen LogP contribution in [0, 0.1) is 0 Å². The van der Waals surface area contributed by atoms with E-state index in [9.17, 15) is 4.79 Å². The Hall–Kier alpha value is -1.71. The topological polar surface area (TPSA) is 35.6 Å². The summed E-state index contributed by atoms with van der Waals surface area (Å²) in [6.45, 7) is 1.74. The maximum Gasteiger partial charge on any atom is 0.321 e. The number of nitrogens with one attached hydrogen (secondary N) is 1. The molecule has 1 N–H and O–H groups in total. The van der Waals surface area contributed by atoms with Gasteiger partial charge in [0.15, 0.2) is 0 Å². The average molecular weight is 233 g/mol. The molecule has 0 bridgehead atoms. The van der Waals surface area contributed by atoms with E-state index in [2.05, 4.69) is 5.32 Å². The zero-order chi connectivity index (χ0) is 12.3. The van der Waals surface area contributed by atoms with E-state index in [0.717, 1.165) is 37.3 Å². The van der Waals surface area contributed by atoms with Crippen LogP contribution < -0.4 is 10.2 Å². The van der Waals surface area contributed by atoms with Crippen molar-refractivity contribution in [3.63, 3.8) is 0 Å². The third-order valence-electron chi connectivity index (χ3n) is 3.02. The lowest BCUT2D eigenvalue weighted by Gasteiger charge is -2.21. The fourth-order valence-electron chi connectivity index (χ4n) is 2.08. The highest BCUT2D eigenvalue weighted by Gasteiger charge is 2.18. The molecule has 1 fully saturated rings. The van der Waals surface area contributed by atoms with Crippen molar-refractivity contribution in [2.75, 3.05) is 37.4 Å². The minimum absolute atomic E-state index is 0.0109. The summed E-state index contributed by atoms with van der Waals surface area (Å²) < 4.78 is 0. The van der Waals surface area contributed by atoms with Gasteiger partial charge in [0.1, 0.15) is 0 Å². The Labute approximate surface area is 102 Å². The maximum atomic E-state index is 12.0. The Balaban J connectivity index is 2.09. The van der Waals surface area contributed by atoms with Gasteiger partial charge < -0.3 is 15.1 Å². The molecule has 4 nitrogen and oxygen atoms in total. The van der Waals surface area contributed by atoms with Gasteiger partial charge in [0, 0.05) is 27.2 Å². The van der Waals surface area contributed by atoms with Gasteiger partial charge in [0.05, 0.1) is 11.4 Å². The molecule has 1 heterocycles. The minimum Gasteiger partial charge on any atom is -0.376 e. The highest BCUT2D eigenvalue weighted by molar-refractivity contribution is 5.93. The lowest BCUT2D eigenvalue weighted by molar-refractivity contribution is 0.222. The second-order valence-corrected chi connectivity index (χ2v) is 4.54. The molecular formula is C13H19N3O. The standard InChI is InChI=1S/C13H19N3O/c1-15(2)12-8-4-3-7-11(12)14-13(17)16-9-5-6-10-16/h3-4,7-8H,5-6,9-10H2,1-2H3,(H,14,17). The van der Waals surface area contributed by atoms with Crippen LogP contribution in [-0.2, 0) is 0 Å². The van der Waals surface area contributed by atoms with Crippen molar-refractivity contribution in [3.05, 3.63) is 24.3 Å². The maximum absolute atomic E-state index is 12.0. The highest BCUT2D eigenvalue weighted by Crippen LogP contribution is 2.24. The molecule has 1 aromatic rings. The molecule has 1 aliphatic heterocycles. The van der Waals surface area contributed by atoms with Crippen molar-refractivity contribution in [3.8, 4) is 0 Å². The summed E-state index contributed by atoms with van der Waals surface area (Å²) in [4.78, 5) is 15.9. The second kappa shape index (κ2) is 5.08. The summed E-state index contributed by atoms with van der Waals surface area (Å²) in [5.74, 6) is 0. The molecule has 0 radical (unpaired) electrons. The van der Waals surface area contributed by atoms with Crippen LogP contribution in [0.4, 0.5) is 16.2 Å². The van der Waals surface area contributed by atoms with Crippen molar-refractivity contribution in [2.24, 2.45) is 0 Å². The van der Waals surface area contributed by atoms with Gasteiger partial charge in [-0.3, -0.25) is 0 Å². The van der Waals surface area contributed by atoms with Crippen LogP contribution in [0.2, 0.25) is 0 Å². The number of urea groups is 1. The largest absolute Gasteiger partial charge is 0.376 e. The Morgan fingerprint density at radius 2 is 1.88 bits per heavy atom. The van der Waals surface area contributed by atoms with Gasteiger partial charge in [0.25, 0.3) is 0 Å². The molecule has 0 atom stereocenters. The number of carbonyl (C=O) groups is 1. The van der Waals surface area contributed by atoms with Crippen LogP contribution >= 0.6 is 0 Å². The quantitative estimate of drug-likeness (QED) is 0.851. The molecule has 2 rings (SSSR count). The Bertz CT molecular complexity index is 397. The normalized spacial score (nSPS) is 14.8. The van der Waals surface area contributed by atoms with Crippen LogP contribution in [0.3, 0.4) is 0 Å². The van der Waals surface area contributed by atoms with E-state index in [1.807, 2.05) is 48.2 Å². The predicted molar refractivity (Wildman–Crippen MR) is 70.6 cm³/mol. The van der Waals surface area contributed by atoms with Crippen LogP contribution in [0.15, 0.2) is 24.3 Å². The molecular weight excluding hydrogens is 214 g/mol. The zero-order valence-corrected chi connectivity index (χ0v) is 10.4. The number of benzene rings is 1. The first kappa shape index (κ1) is 11.8. The highest BCUT2D eigenvalue weighted by atomic mass is 16.2. The third-order valence-corrected chi connectivity index (χ3v) is 3.02. The Morgan fingerprint density at radius 1 is 1.24 bits per heavy atom. The first-order chi connectivity index (χ1) is 8.18. The first-order valence-electron chi connectivity index (χ1n) is 6.01. The molecule has 92 valence electrons. The SMILES string of the molecule is CN(C)c1ccccc1NC(=O)N1CCCC1. The van der Waals surface area contributed by atoms with E-state index in [1.54, 1.807) is 0 Å². The lowest BCUT2D eigenvalue weighted by atomic mass is 10.2. The first-order valence-corrected chi connectivity index (χ1v) is 6.01. The summed E-state index contributed by atoms with van der Waals surface area (Å²) in [6.07, 6.45) is 2.23. The number of hydrogen-bond acceptors (Lipinski definition) is 2. The lowest BCUT2D eigenvalue weighted by Crippen LogP contribution is -2.32. The van der Waals surface area contributed by atoms with Crippen molar-refractivity contribution >= 4 is 17.4 Å². The number of anilines is 2. The fraction of sp³-hybridized carbons (Fsp3) is 0.462. The molecule has 0 aliphatic carbocycles. The molecule has 1 aromatic carbocycles. The van der Waals surface area contributed by atoms with Crippen molar-refractivity contribution in [1.82, 2.24) is 4.90 Å². The summed E-state index contributed by atoms with van der Waals surface area (Å²) in [6, 6.07) is 7.85. The molecule has 0 aromatic heterocycles. The summed E-state index contributed by atoms with van der Waals surface area (Å²) in [5, 5.41) is 2.98. The Kier molecular flexibility index (Phi) is 3.52. The summed E-state index contributed by atoms with van der Waals surface area (Å²) >= 11 is 0. The molecule has 1 saturated heterocycles. The molecule has 17 heavy (non-hydrogen) atoms. The third kappa shape index (κ3) is 2.70. The van der Waals surface area contributed by atoms with E-state index >= 15 is 0 Å². The van der Waals surface area contributed by atoms with Gasteiger partial charge in [0.2, 0.25) is 0 Å². The number of carbonyl (C=O) groups excluding carboxylic acids is 1. The van der Waals surface area contributed by atoms with Crippen LogP contribution in [0.5, 0.6) is 0 Å². The number of amides is 2. The molecule has 0 spiro atoms. The molecule has 2 amide bonds. The van der Waals surface area contributed by atoms with Gasteiger partial charge in [-0.05, 0) is 25.0 Å². The van der Waals surface area contributed by atoms with Gasteiger partial charge in [-0.1, -0.05) is 12.1 Å². The number of likely N-dealkylation sites (tertiary alicyclic amines) is 1. The molecule has 0 unspecified atom stereocenters. The fourth-order valence-corrected chi connectivity index (χ4v) is 2.08. The Morgan fingerprint density at radius 3 is 2.53 bits per heavy atom.